The number of nitrogens with zero attached hydrogens (tertiary/aromatic N) is 5. The minimum atomic E-state index is -0.143. The van der Waals surface area contributed by atoms with Gasteiger partial charge in [-0.2, -0.15) is 0 Å². The Kier molecular flexibility index (Phi) is 5.65. The van der Waals surface area contributed by atoms with Gasteiger partial charge in [-0.1, -0.05) is 30.3 Å². The predicted molar refractivity (Wildman–Crippen MR) is 109 cm³/mol. The Hall–Kier alpha value is -2.70. The van der Waals surface area contributed by atoms with Gasteiger partial charge in [0.05, 0.1) is 5.92 Å². The lowest BCUT2D eigenvalue weighted by Crippen LogP contribution is -2.37. The number of likely N-dealkylation sites (tertiary alicyclic amines) is 1. The summed E-state index contributed by atoms with van der Waals surface area (Å²) in [5.74, 6) is 2.49. The third-order valence-electron chi connectivity index (χ3n) is 6.34. The van der Waals surface area contributed by atoms with Gasteiger partial charge in [0.15, 0.2) is 0 Å². The zero-order valence-corrected chi connectivity index (χ0v) is 17.3. The molecular formula is C22H29N5O2. The maximum absolute atomic E-state index is 13.1. The molecule has 0 N–H and O–H groups in total. The van der Waals surface area contributed by atoms with E-state index in [-0.39, 0.29) is 17.7 Å². The van der Waals surface area contributed by atoms with Gasteiger partial charge in [0.25, 0.3) is 0 Å². The average molecular weight is 396 g/mol. The fourth-order valence-corrected chi connectivity index (χ4v) is 4.48. The van der Waals surface area contributed by atoms with E-state index in [0.29, 0.717) is 19.0 Å². The summed E-state index contributed by atoms with van der Waals surface area (Å²) in [7, 11) is 0. The maximum Gasteiger partial charge on any atom is 0.229 e. The first-order valence-electron chi connectivity index (χ1n) is 10.6. The Bertz CT molecular complexity index is 871. The molecule has 2 aliphatic heterocycles. The second-order valence-corrected chi connectivity index (χ2v) is 8.11. The molecule has 7 heteroatoms. The molecule has 2 aromatic rings. The molecule has 1 aromatic heterocycles. The highest BCUT2D eigenvalue weighted by Gasteiger charge is 2.30. The number of rotatable bonds is 3. The minimum Gasteiger partial charge on any atom is -0.343 e. The number of hydrogen-bond donors (Lipinski definition) is 0. The van der Waals surface area contributed by atoms with Crippen molar-refractivity contribution in [1.82, 2.24) is 24.6 Å². The molecule has 29 heavy (non-hydrogen) atoms. The Balaban J connectivity index is 1.43. The molecule has 1 atom stereocenters. The van der Waals surface area contributed by atoms with Gasteiger partial charge < -0.3 is 14.4 Å². The summed E-state index contributed by atoms with van der Waals surface area (Å²) in [6.07, 6.45) is 2.57. The van der Waals surface area contributed by atoms with E-state index in [0.717, 1.165) is 56.1 Å². The summed E-state index contributed by atoms with van der Waals surface area (Å²) in [6.45, 7) is 7.26. The molecule has 7 nitrogen and oxygen atoms in total. The highest BCUT2D eigenvalue weighted by Crippen LogP contribution is 2.28. The summed E-state index contributed by atoms with van der Waals surface area (Å²) in [4.78, 5) is 28.5. The lowest BCUT2D eigenvalue weighted by atomic mass is 9.96. The predicted octanol–water partition coefficient (Wildman–Crippen LogP) is 2.19. The quantitative estimate of drug-likeness (QED) is 0.799. The standard InChI is InChI=1S/C22H29N5O2/c1-16(18-6-4-3-5-7-18)22(29)26-13-10-20-23-24-21(27(20)15-14-26)19-8-11-25(12-9-19)17(2)28/h3-7,16,19H,8-15H2,1-2H3/t16-/m1/s1. The van der Waals surface area contributed by atoms with Crippen LogP contribution >= 0.6 is 0 Å². The molecule has 3 heterocycles. The van der Waals surface area contributed by atoms with Gasteiger partial charge in [-0.15, -0.1) is 10.2 Å². The van der Waals surface area contributed by atoms with Crippen LogP contribution in [0.25, 0.3) is 0 Å². The van der Waals surface area contributed by atoms with E-state index in [1.165, 1.54) is 0 Å². The van der Waals surface area contributed by atoms with Crippen LogP contribution in [0.5, 0.6) is 0 Å². The van der Waals surface area contributed by atoms with Gasteiger partial charge in [0, 0.05) is 52.0 Å². The lowest BCUT2D eigenvalue weighted by Gasteiger charge is -2.31. The van der Waals surface area contributed by atoms with Crippen LogP contribution < -0.4 is 0 Å². The monoisotopic (exact) mass is 395 g/mol. The summed E-state index contributed by atoms with van der Waals surface area (Å²) in [5, 5.41) is 8.93. The molecule has 1 aromatic carbocycles. The van der Waals surface area contributed by atoms with Crippen molar-refractivity contribution >= 4 is 11.8 Å². The number of benzene rings is 1. The van der Waals surface area contributed by atoms with Crippen LogP contribution in [0.15, 0.2) is 30.3 Å². The SMILES string of the molecule is CC(=O)N1CCC(c2nnc3n2CCN(C(=O)[C@H](C)c2ccccc2)CC3)CC1. The van der Waals surface area contributed by atoms with Crippen molar-refractivity contribution in [3.8, 4) is 0 Å². The number of piperidine rings is 1. The van der Waals surface area contributed by atoms with E-state index < -0.39 is 0 Å². The molecule has 0 radical (unpaired) electrons. The van der Waals surface area contributed by atoms with E-state index in [1.54, 1.807) is 6.92 Å². The number of hydrogen-bond acceptors (Lipinski definition) is 4. The summed E-state index contributed by atoms with van der Waals surface area (Å²) in [6, 6.07) is 9.96. The number of carbonyl (C=O) groups excluding carboxylic acids is 2. The van der Waals surface area contributed by atoms with Gasteiger partial charge in [-0.05, 0) is 25.3 Å². The van der Waals surface area contributed by atoms with Crippen molar-refractivity contribution in [2.45, 2.75) is 51.5 Å². The molecule has 1 saturated heterocycles. The number of carbonyl (C=O) groups is 2. The van der Waals surface area contributed by atoms with E-state index in [1.807, 2.05) is 47.1 Å². The van der Waals surface area contributed by atoms with Gasteiger partial charge in [-0.25, -0.2) is 0 Å². The molecule has 1 fully saturated rings. The normalized spacial score (nSPS) is 18.8. The maximum atomic E-state index is 13.1. The first-order valence-corrected chi connectivity index (χ1v) is 10.6. The van der Waals surface area contributed by atoms with Crippen LogP contribution in [-0.4, -0.2) is 62.6 Å². The Morgan fingerprint density at radius 3 is 2.38 bits per heavy atom. The van der Waals surface area contributed by atoms with Gasteiger partial charge in [-0.3, -0.25) is 9.59 Å². The summed E-state index contributed by atoms with van der Waals surface area (Å²) in [5.41, 5.74) is 1.05. The van der Waals surface area contributed by atoms with E-state index in [4.69, 9.17) is 0 Å². The number of amides is 2. The van der Waals surface area contributed by atoms with Crippen LogP contribution in [0.1, 0.15) is 55.7 Å². The molecule has 0 unspecified atom stereocenters. The van der Waals surface area contributed by atoms with Crippen molar-refractivity contribution in [1.29, 1.82) is 0 Å². The largest absolute Gasteiger partial charge is 0.343 e. The summed E-state index contributed by atoms with van der Waals surface area (Å²) < 4.78 is 2.22. The molecular weight excluding hydrogens is 366 g/mol. The first kappa shape index (κ1) is 19.6. The van der Waals surface area contributed by atoms with Crippen LogP contribution in [0, 0.1) is 0 Å². The van der Waals surface area contributed by atoms with Gasteiger partial charge in [0.1, 0.15) is 11.6 Å². The van der Waals surface area contributed by atoms with Crippen molar-refractivity contribution in [2.75, 3.05) is 26.2 Å². The van der Waals surface area contributed by atoms with Crippen molar-refractivity contribution < 1.29 is 9.59 Å². The first-order chi connectivity index (χ1) is 14.0. The second-order valence-electron chi connectivity index (χ2n) is 8.11. The Morgan fingerprint density at radius 1 is 0.966 bits per heavy atom. The molecule has 4 rings (SSSR count). The molecule has 2 amide bonds. The Labute approximate surface area is 171 Å². The lowest BCUT2D eigenvalue weighted by molar-refractivity contribution is -0.132. The number of aromatic nitrogens is 3. The Morgan fingerprint density at radius 2 is 1.69 bits per heavy atom. The molecule has 2 aliphatic rings. The zero-order chi connectivity index (χ0) is 20.4. The van der Waals surface area contributed by atoms with Crippen LogP contribution in [0.3, 0.4) is 0 Å². The smallest absolute Gasteiger partial charge is 0.229 e. The van der Waals surface area contributed by atoms with Gasteiger partial charge >= 0.3 is 0 Å². The average Bonchev–Trinajstić information content (AvgIpc) is 3.04. The fourth-order valence-electron chi connectivity index (χ4n) is 4.48. The van der Waals surface area contributed by atoms with E-state index >= 15 is 0 Å². The highest BCUT2D eigenvalue weighted by molar-refractivity contribution is 5.83. The zero-order valence-electron chi connectivity index (χ0n) is 17.3. The van der Waals surface area contributed by atoms with Crippen molar-refractivity contribution in [2.24, 2.45) is 0 Å². The third kappa shape index (κ3) is 4.04. The molecule has 154 valence electrons. The van der Waals surface area contributed by atoms with Gasteiger partial charge in [0.2, 0.25) is 11.8 Å². The summed E-state index contributed by atoms with van der Waals surface area (Å²) >= 11 is 0. The minimum absolute atomic E-state index is 0.143. The van der Waals surface area contributed by atoms with Crippen LogP contribution in [0.4, 0.5) is 0 Å². The van der Waals surface area contributed by atoms with Crippen LogP contribution in [0.2, 0.25) is 0 Å². The second kappa shape index (κ2) is 8.35. The van der Waals surface area contributed by atoms with Crippen molar-refractivity contribution in [3.05, 3.63) is 47.5 Å². The molecule has 0 bridgehead atoms. The molecule has 0 aliphatic carbocycles. The third-order valence-corrected chi connectivity index (χ3v) is 6.34. The van der Waals surface area contributed by atoms with E-state index in [2.05, 4.69) is 14.8 Å². The number of fused-ring (bicyclic) bond motifs is 1. The molecule has 0 spiro atoms. The van der Waals surface area contributed by atoms with Crippen LogP contribution in [-0.2, 0) is 22.6 Å². The highest BCUT2D eigenvalue weighted by atomic mass is 16.2. The van der Waals surface area contributed by atoms with E-state index in [9.17, 15) is 9.59 Å². The topological polar surface area (TPSA) is 71.3 Å². The van der Waals surface area contributed by atoms with Crippen molar-refractivity contribution in [3.63, 3.8) is 0 Å². The molecule has 0 saturated carbocycles. The fraction of sp³-hybridized carbons (Fsp3) is 0.545.